The quantitative estimate of drug-likeness (QED) is 0.380. The van der Waals surface area contributed by atoms with Gasteiger partial charge in [-0.2, -0.15) is 0 Å². The van der Waals surface area contributed by atoms with Gasteiger partial charge in [-0.25, -0.2) is 0 Å². The first kappa shape index (κ1) is 25.3. The molecule has 0 heterocycles. The van der Waals surface area contributed by atoms with Crippen LogP contribution in [0.15, 0.2) is 6.07 Å². The van der Waals surface area contributed by atoms with E-state index < -0.39 is 0 Å². The molecule has 0 aromatic heterocycles. The van der Waals surface area contributed by atoms with Crippen molar-refractivity contribution in [1.29, 1.82) is 0 Å². The molecule has 3 rings (SSSR count). The summed E-state index contributed by atoms with van der Waals surface area (Å²) in [6.07, 6.45) is 0. The molecular formula is C33H44. The fraction of sp³-hybridized carbons (Fsp3) is 0.455. The van der Waals surface area contributed by atoms with E-state index in [-0.39, 0.29) is 0 Å². The van der Waals surface area contributed by atoms with E-state index in [4.69, 9.17) is 0 Å². The zero-order valence-corrected chi connectivity index (χ0v) is 23.7. The van der Waals surface area contributed by atoms with Crippen LogP contribution in [0.2, 0.25) is 0 Å². The molecule has 0 atom stereocenters. The third-order valence-corrected chi connectivity index (χ3v) is 9.07. The molecule has 0 saturated carbocycles. The third kappa shape index (κ3) is 3.76. The second-order valence-corrected chi connectivity index (χ2v) is 10.8. The van der Waals surface area contributed by atoms with Crippen molar-refractivity contribution in [2.45, 2.75) is 103 Å². The lowest BCUT2D eigenvalue weighted by Crippen LogP contribution is -2.07. The lowest BCUT2D eigenvalue weighted by Gasteiger charge is -2.28. The normalized spacial score (nSPS) is 11.6. The number of hydrogen-bond donors (Lipinski definition) is 0. The molecule has 0 bridgehead atoms. The Morgan fingerprint density at radius 1 is 0.364 bits per heavy atom. The predicted molar refractivity (Wildman–Crippen MR) is 148 cm³/mol. The van der Waals surface area contributed by atoms with Crippen LogP contribution in [0.3, 0.4) is 0 Å². The van der Waals surface area contributed by atoms with Gasteiger partial charge in [-0.3, -0.25) is 0 Å². The third-order valence-electron chi connectivity index (χ3n) is 9.07. The predicted octanol–water partition coefficient (Wildman–Crippen LogP) is 9.85. The Labute approximate surface area is 203 Å². The van der Waals surface area contributed by atoms with Crippen LogP contribution >= 0.6 is 0 Å². The lowest BCUT2D eigenvalue weighted by molar-refractivity contribution is 0.866. The van der Waals surface area contributed by atoms with Gasteiger partial charge in [-0.05, 0) is 190 Å². The van der Waals surface area contributed by atoms with Gasteiger partial charge < -0.3 is 0 Å². The summed E-state index contributed by atoms with van der Waals surface area (Å²) in [4.78, 5) is 0. The number of rotatable bonds is 3. The minimum atomic E-state index is 0.451. The molecule has 0 heteroatoms. The maximum absolute atomic E-state index is 2.52. The second kappa shape index (κ2) is 8.79. The van der Waals surface area contributed by atoms with Crippen molar-refractivity contribution in [1.82, 2.24) is 0 Å². The number of benzene rings is 3. The maximum atomic E-state index is 2.52. The molecule has 0 saturated heterocycles. The zero-order valence-electron chi connectivity index (χ0n) is 23.7. The summed E-state index contributed by atoms with van der Waals surface area (Å²) in [5.74, 6) is 0.451. The van der Waals surface area contributed by atoms with Crippen molar-refractivity contribution in [2.75, 3.05) is 0 Å². The van der Waals surface area contributed by atoms with Crippen molar-refractivity contribution in [3.8, 4) is 22.3 Å². The summed E-state index contributed by atoms with van der Waals surface area (Å²) in [5.41, 5.74) is 24.4. The topological polar surface area (TPSA) is 0 Å². The van der Waals surface area contributed by atoms with Gasteiger partial charge in [0.05, 0.1) is 0 Å². The van der Waals surface area contributed by atoms with E-state index in [1.807, 2.05) is 0 Å². The van der Waals surface area contributed by atoms with Crippen molar-refractivity contribution in [2.24, 2.45) is 0 Å². The van der Waals surface area contributed by atoms with Crippen LogP contribution in [-0.4, -0.2) is 0 Å². The molecule has 0 amide bonds. The van der Waals surface area contributed by atoms with Gasteiger partial charge in [0.15, 0.2) is 0 Å². The van der Waals surface area contributed by atoms with E-state index >= 15 is 0 Å². The van der Waals surface area contributed by atoms with E-state index in [2.05, 4.69) is 103 Å². The molecule has 0 aliphatic rings. The van der Waals surface area contributed by atoms with Gasteiger partial charge in [0.2, 0.25) is 0 Å². The highest BCUT2D eigenvalue weighted by Crippen LogP contribution is 2.45. The molecular weight excluding hydrogens is 396 g/mol. The van der Waals surface area contributed by atoms with Gasteiger partial charge in [0, 0.05) is 0 Å². The smallest absolute Gasteiger partial charge is 0.0111 e. The van der Waals surface area contributed by atoms with Gasteiger partial charge in [-0.1, -0.05) is 13.8 Å². The molecule has 0 N–H and O–H groups in total. The summed E-state index contributed by atoms with van der Waals surface area (Å²) in [6, 6.07) is 2.52. The molecule has 0 aliphatic carbocycles. The van der Waals surface area contributed by atoms with Crippen LogP contribution in [0.25, 0.3) is 22.3 Å². The maximum Gasteiger partial charge on any atom is -0.0111 e. The van der Waals surface area contributed by atoms with Crippen LogP contribution in [0.4, 0.5) is 0 Å². The molecule has 0 fully saturated rings. The Morgan fingerprint density at radius 2 is 0.667 bits per heavy atom. The van der Waals surface area contributed by atoms with Crippen LogP contribution in [0, 0.1) is 83.1 Å². The fourth-order valence-corrected chi connectivity index (χ4v) is 5.77. The van der Waals surface area contributed by atoms with Gasteiger partial charge in [0.1, 0.15) is 0 Å². The van der Waals surface area contributed by atoms with E-state index in [1.165, 1.54) is 94.6 Å². The largest absolute Gasteiger partial charge is 0.0587 e. The molecule has 3 aromatic carbocycles. The molecule has 3 aromatic rings. The van der Waals surface area contributed by atoms with Gasteiger partial charge in [-0.15, -0.1) is 0 Å². The monoisotopic (exact) mass is 440 g/mol. The average molecular weight is 441 g/mol. The summed E-state index contributed by atoms with van der Waals surface area (Å²) >= 11 is 0. The standard InChI is InChI=1S/C33H44/c1-16(2)29-15-30(31-24(10)19(5)17(3)20(6)25(31)11)23(9)28(14)33(29)32-26(12)21(7)18(4)22(8)27(32)13/h15-16H,1-14H3. The first-order chi connectivity index (χ1) is 15.2. The molecule has 0 unspecified atom stereocenters. The van der Waals surface area contributed by atoms with Crippen molar-refractivity contribution < 1.29 is 0 Å². The summed E-state index contributed by atoms with van der Waals surface area (Å²) < 4.78 is 0. The molecule has 0 spiro atoms. The Morgan fingerprint density at radius 3 is 1.03 bits per heavy atom. The van der Waals surface area contributed by atoms with Crippen molar-refractivity contribution in [3.63, 3.8) is 0 Å². The van der Waals surface area contributed by atoms with Crippen molar-refractivity contribution in [3.05, 3.63) is 78.4 Å². The molecule has 33 heavy (non-hydrogen) atoms. The van der Waals surface area contributed by atoms with Crippen LogP contribution in [0.5, 0.6) is 0 Å². The molecule has 0 nitrogen and oxygen atoms in total. The number of hydrogen-bond acceptors (Lipinski definition) is 0. The van der Waals surface area contributed by atoms with Gasteiger partial charge >= 0.3 is 0 Å². The average Bonchev–Trinajstić information content (AvgIpc) is 2.77. The van der Waals surface area contributed by atoms with Crippen molar-refractivity contribution >= 4 is 0 Å². The minimum Gasteiger partial charge on any atom is -0.0587 e. The molecule has 0 radical (unpaired) electrons. The zero-order chi connectivity index (χ0) is 25.1. The Balaban J connectivity index is 2.51. The fourth-order valence-electron chi connectivity index (χ4n) is 5.77. The van der Waals surface area contributed by atoms with E-state index in [1.54, 1.807) is 0 Å². The van der Waals surface area contributed by atoms with E-state index in [0.29, 0.717) is 5.92 Å². The van der Waals surface area contributed by atoms with Crippen LogP contribution in [0.1, 0.15) is 92.1 Å². The summed E-state index contributed by atoms with van der Waals surface area (Å²) in [6.45, 7) is 32.3. The SMILES string of the molecule is Cc1c(-c2c(C)c(C)c(C)c(C)c2C)cc(C(C)C)c(-c2c(C)c(C)c(C)c(C)c2C)c1C. The Bertz CT molecular complexity index is 1220. The molecule has 0 aliphatic heterocycles. The van der Waals surface area contributed by atoms with E-state index in [0.717, 1.165) is 0 Å². The summed E-state index contributed by atoms with van der Waals surface area (Å²) in [7, 11) is 0. The first-order valence-corrected chi connectivity index (χ1v) is 12.5. The highest BCUT2D eigenvalue weighted by atomic mass is 14.3. The van der Waals surface area contributed by atoms with Crippen LogP contribution < -0.4 is 0 Å². The highest BCUT2D eigenvalue weighted by molar-refractivity contribution is 5.86. The lowest BCUT2D eigenvalue weighted by atomic mass is 9.77. The Kier molecular flexibility index (Phi) is 6.73. The molecule has 176 valence electrons. The highest BCUT2D eigenvalue weighted by Gasteiger charge is 2.24. The second-order valence-electron chi connectivity index (χ2n) is 10.8. The Hall–Kier alpha value is -2.34. The summed E-state index contributed by atoms with van der Waals surface area (Å²) in [5, 5.41) is 0. The minimum absolute atomic E-state index is 0.451. The first-order valence-electron chi connectivity index (χ1n) is 12.5. The van der Waals surface area contributed by atoms with Crippen LogP contribution in [-0.2, 0) is 0 Å². The van der Waals surface area contributed by atoms with E-state index in [9.17, 15) is 0 Å². The van der Waals surface area contributed by atoms with Gasteiger partial charge in [0.25, 0.3) is 0 Å².